The number of hydrogen-bond acceptors (Lipinski definition) is 8. The highest BCUT2D eigenvalue weighted by Crippen LogP contribution is 2.12. The standard InChI is InChI=1S/C56H104N12O6/c1-3-5-7-9-11-13-15-17-19-21-23-25-27-29-31-37-49(69)62-43-45-68(46-44-63-50(70)38-32-30-28-26-24-22-20-18-16-14-12-10-8-6-4-2)52(72)40-39-51(71)66-48(36-34-42-65-56(60)61)54(74)67-47(53(57)73)35-33-41-64-55(58)59/h17-20,39-40,47-48H,3-16,21-38,41-46H2,1-2H3,(H2,57,73)(H,62,69)(H,63,70)(H,66,71)(H,67,74)(H4,58,59,64)(H4,60,61,65)/b19-17-,20-18-,40-39-/t47-,48-/m0/s1. The number of nitrogens with zero attached hydrogens (tertiary/aromatic N) is 3. The van der Waals surface area contributed by atoms with E-state index in [1.165, 1.54) is 81.9 Å². The molecular formula is C56H104N12O6. The molecule has 0 radical (unpaired) electrons. The zero-order valence-corrected chi connectivity index (χ0v) is 46.2. The third kappa shape index (κ3) is 45.2. The first-order valence-electron chi connectivity index (χ1n) is 28.6. The van der Waals surface area contributed by atoms with Gasteiger partial charge < -0.3 is 54.8 Å². The Morgan fingerprint density at radius 3 is 1.23 bits per heavy atom. The van der Waals surface area contributed by atoms with Crippen molar-refractivity contribution in [3.8, 4) is 0 Å². The number of nitrogens with one attached hydrogen (secondary N) is 4. The van der Waals surface area contributed by atoms with Gasteiger partial charge in [-0.2, -0.15) is 0 Å². The predicted molar refractivity (Wildman–Crippen MR) is 304 cm³/mol. The van der Waals surface area contributed by atoms with Crippen molar-refractivity contribution in [2.75, 3.05) is 39.3 Å². The van der Waals surface area contributed by atoms with Crippen LogP contribution in [-0.4, -0.2) is 104 Å². The van der Waals surface area contributed by atoms with E-state index >= 15 is 0 Å². The summed E-state index contributed by atoms with van der Waals surface area (Å²) in [6.45, 7) is 5.52. The molecule has 0 heterocycles. The molecule has 0 aromatic heterocycles. The van der Waals surface area contributed by atoms with Gasteiger partial charge in [0.2, 0.25) is 35.4 Å². The first-order chi connectivity index (χ1) is 35.8. The molecule has 424 valence electrons. The lowest BCUT2D eigenvalue weighted by Crippen LogP contribution is -2.52. The monoisotopic (exact) mass is 1040 g/mol. The third-order valence-corrected chi connectivity index (χ3v) is 12.6. The molecule has 0 spiro atoms. The Hall–Kier alpha value is -5.42. The van der Waals surface area contributed by atoms with Gasteiger partial charge in [0.1, 0.15) is 12.1 Å². The average Bonchev–Trinajstić information content (AvgIpc) is 3.36. The molecule has 0 saturated carbocycles. The Morgan fingerprint density at radius 1 is 0.459 bits per heavy atom. The minimum atomic E-state index is -1.14. The summed E-state index contributed by atoms with van der Waals surface area (Å²) in [6, 6.07) is -2.20. The molecular weight excluding hydrogens is 937 g/mol. The molecule has 0 aliphatic rings. The van der Waals surface area contributed by atoms with E-state index in [0.29, 0.717) is 25.7 Å². The molecule has 0 aromatic rings. The quantitative estimate of drug-likeness (QED) is 0.00967. The summed E-state index contributed by atoms with van der Waals surface area (Å²) in [7, 11) is 0. The van der Waals surface area contributed by atoms with Crippen LogP contribution in [0.25, 0.3) is 0 Å². The van der Waals surface area contributed by atoms with Crippen LogP contribution in [0, 0.1) is 0 Å². The maximum atomic E-state index is 13.6. The fourth-order valence-corrected chi connectivity index (χ4v) is 8.19. The zero-order valence-electron chi connectivity index (χ0n) is 46.2. The van der Waals surface area contributed by atoms with Gasteiger partial charge in [0.05, 0.1) is 0 Å². The van der Waals surface area contributed by atoms with Crippen LogP contribution >= 0.6 is 0 Å². The van der Waals surface area contributed by atoms with Crippen molar-refractivity contribution in [2.45, 2.75) is 231 Å². The highest BCUT2D eigenvalue weighted by Gasteiger charge is 2.25. The number of primary amides is 1. The van der Waals surface area contributed by atoms with Crippen molar-refractivity contribution >= 4 is 47.4 Å². The Balaban J connectivity index is 5.30. The van der Waals surface area contributed by atoms with E-state index in [1.807, 2.05) is 0 Å². The van der Waals surface area contributed by atoms with E-state index in [1.54, 1.807) is 0 Å². The van der Waals surface area contributed by atoms with Crippen LogP contribution in [-0.2, 0) is 28.8 Å². The van der Waals surface area contributed by atoms with Crippen LogP contribution in [0.1, 0.15) is 219 Å². The largest absolute Gasteiger partial charge is 0.370 e. The fraction of sp³-hybridized carbons (Fsp3) is 0.750. The number of guanidine groups is 2. The van der Waals surface area contributed by atoms with E-state index in [4.69, 9.17) is 28.7 Å². The predicted octanol–water partition coefficient (Wildman–Crippen LogP) is 7.24. The maximum Gasteiger partial charge on any atom is 0.246 e. The summed E-state index contributed by atoms with van der Waals surface area (Å²) in [5.74, 6) is -3.18. The van der Waals surface area contributed by atoms with E-state index in [0.717, 1.165) is 102 Å². The molecule has 18 nitrogen and oxygen atoms in total. The van der Waals surface area contributed by atoms with E-state index in [-0.39, 0.29) is 75.8 Å². The van der Waals surface area contributed by atoms with Crippen molar-refractivity contribution in [3.05, 3.63) is 36.5 Å². The molecule has 0 fully saturated rings. The van der Waals surface area contributed by atoms with Crippen LogP contribution in [0.2, 0.25) is 0 Å². The smallest absolute Gasteiger partial charge is 0.246 e. The molecule has 2 atom stereocenters. The average molecular weight is 1040 g/mol. The maximum absolute atomic E-state index is 13.6. The zero-order chi connectivity index (χ0) is 54.7. The molecule has 0 rings (SSSR count). The van der Waals surface area contributed by atoms with E-state index in [9.17, 15) is 28.8 Å². The molecule has 14 N–H and O–H groups in total. The van der Waals surface area contributed by atoms with Crippen molar-refractivity contribution < 1.29 is 28.8 Å². The van der Waals surface area contributed by atoms with Gasteiger partial charge in [-0.15, -0.1) is 0 Å². The van der Waals surface area contributed by atoms with Gasteiger partial charge >= 0.3 is 0 Å². The summed E-state index contributed by atoms with van der Waals surface area (Å²) in [5, 5.41) is 11.0. The molecule has 0 aliphatic carbocycles. The second-order valence-corrected chi connectivity index (χ2v) is 19.4. The van der Waals surface area contributed by atoms with Crippen LogP contribution < -0.4 is 49.9 Å². The Bertz CT molecular complexity index is 1590. The number of amides is 6. The summed E-state index contributed by atoms with van der Waals surface area (Å²) >= 11 is 0. The molecule has 0 saturated heterocycles. The van der Waals surface area contributed by atoms with E-state index in [2.05, 4.69) is 69.4 Å². The topological polar surface area (TPSA) is 309 Å². The van der Waals surface area contributed by atoms with Crippen molar-refractivity contribution in [1.29, 1.82) is 0 Å². The number of nitrogens with two attached hydrogens (primary N) is 5. The highest BCUT2D eigenvalue weighted by atomic mass is 16.2. The lowest BCUT2D eigenvalue weighted by atomic mass is 10.1. The number of carbonyl (C=O) groups is 6. The Kier molecular flexibility index (Phi) is 46.1. The normalized spacial score (nSPS) is 12.1. The summed E-state index contributed by atoms with van der Waals surface area (Å²) in [4.78, 5) is 87.2. The van der Waals surface area contributed by atoms with E-state index < -0.39 is 35.7 Å². The van der Waals surface area contributed by atoms with Gasteiger partial charge in [-0.05, 0) is 89.9 Å². The molecule has 0 aromatic carbocycles. The summed E-state index contributed by atoms with van der Waals surface area (Å²) in [6.07, 6.45) is 43.5. The summed E-state index contributed by atoms with van der Waals surface area (Å²) < 4.78 is 0. The Morgan fingerprint density at radius 2 is 0.838 bits per heavy atom. The van der Waals surface area contributed by atoms with Crippen molar-refractivity contribution in [3.63, 3.8) is 0 Å². The van der Waals surface area contributed by atoms with Crippen LogP contribution in [0.4, 0.5) is 0 Å². The first-order valence-corrected chi connectivity index (χ1v) is 28.6. The highest BCUT2D eigenvalue weighted by molar-refractivity contribution is 5.99. The minimum Gasteiger partial charge on any atom is -0.370 e. The molecule has 0 aliphatic heterocycles. The number of rotatable bonds is 50. The molecule has 6 amide bonds. The number of carbonyl (C=O) groups excluding carboxylic acids is 6. The number of aliphatic imine (C=N–C) groups is 2. The lowest BCUT2D eigenvalue weighted by molar-refractivity contribution is -0.130. The van der Waals surface area contributed by atoms with Crippen molar-refractivity contribution in [2.24, 2.45) is 38.7 Å². The van der Waals surface area contributed by atoms with Crippen molar-refractivity contribution in [1.82, 2.24) is 26.2 Å². The molecule has 18 heteroatoms. The Labute approximate surface area is 446 Å². The third-order valence-electron chi connectivity index (χ3n) is 12.6. The van der Waals surface area contributed by atoms with Gasteiger partial charge in [-0.25, -0.2) is 0 Å². The van der Waals surface area contributed by atoms with Gasteiger partial charge in [-0.3, -0.25) is 38.8 Å². The minimum absolute atomic E-state index is 0.0924. The second kappa shape index (κ2) is 49.8. The summed E-state index contributed by atoms with van der Waals surface area (Å²) in [5.41, 5.74) is 27.2. The molecule has 0 bridgehead atoms. The van der Waals surface area contributed by atoms with Crippen LogP contribution in [0.15, 0.2) is 46.4 Å². The van der Waals surface area contributed by atoms with Gasteiger partial charge in [0.15, 0.2) is 11.9 Å². The van der Waals surface area contributed by atoms with Crippen LogP contribution in [0.3, 0.4) is 0 Å². The first kappa shape index (κ1) is 68.6. The number of hydrogen-bond donors (Lipinski definition) is 9. The second-order valence-electron chi connectivity index (χ2n) is 19.4. The van der Waals surface area contributed by atoms with Crippen LogP contribution in [0.5, 0.6) is 0 Å². The molecule has 0 unspecified atom stereocenters. The number of unbranched alkanes of at least 4 members (excludes halogenated alkanes) is 22. The molecule has 74 heavy (non-hydrogen) atoms. The van der Waals surface area contributed by atoms with Gasteiger partial charge in [-0.1, -0.05) is 141 Å². The van der Waals surface area contributed by atoms with Gasteiger partial charge in [0.25, 0.3) is 0 Å². The SMILES string of the molecule is CCCCCCCC/C=C\CCCCCCCC(=O)NCCN(CCNC(=O)CCCCCCC/C=C\CCCCCCCC)C(=O)/C=C\C(=O)N[C@@H](CCCN=C(N)N)C(=O)N[C@@H](CCCN=C(N)N)C(N)=O. The van der Waals surface area contributed by atoms with Gasteiger partial charge in [0, 0.05) is 64.3 Å². The number of allylic oxidation sites excluding steroid dienone is 4. The lowest BCUT2D eigenvalue weighted by Gasteiger charge is -2.22. The fourth-order valence-electron chi connectivity index (χ4n) is 8.19.